The molecule has 0 atom stereocenters. The molecule has 0 amide bonds. The Morgan fingerprint density at radius 1 is 1.33 bits per heavy atom. The molecule has 18 heavy (non-hydrogen) atoms. The molecule has 0 unspecified atom stereocenters. The van der Waals surface area contributed by atoms with Crippen molar-refractivity contribution in [2.24, 2.45) is 0 Å². The Balaban J connectivity index is 2.24. The van der Waals surface area contributed by atoms with Crippen LogP contribution in [-0.2, 0) is 6.54 Å². The van der Waals surface area contributed by atoms with E-state index in [0.29, 0.717) is 15.1 Å². The summed E-state index contributed by atoms with van der Waals surface area (Å²) in [6.07, 6.45) is 2.73. The van der Waals surface area contributed by atoms with Crippen LogP contribution in [0, 0.1) is 0 Å². The van der Waals surface area contributed by atoms with Crippen molar-refractivity contribution in [2.45, 2.75) is 6.54 Å². The van der Waals surface area contributed by atoms with E-state index in [1.54, 1.807) is 24.3 Å². The molecule has 0 saturated heterocycles. The maximum absolute atomic E-state index is 11.9. The number of rotatable bonds is 3. The van der Waals surface area contributed by atoms with Gasteiger partial charge in [-0.2, -0.15) is 0 Å². The number of hydrogen-bond acceptors (Lipinski definition) is 3. The zero-order valence-electron chi connectivity index (χ0n) is 9.14. The van der Waals surface area contributed by atoms with Crippen LogP contribution in [0.2, 0.25) is 5.02 Å². The van der Waals surface area contributed by atoms with Crippen LogP contribution in [0.15, 0.2) is 46.1 Å². The lowest BCUT2D eigenvalue weighted by Gasteiger charge is -2.04. The number of carbonyl (C=O) groups is 1. The Morgan fingerprint density at radius 2 is 2.00 bits per heavy atom. The minimum Gasteiger partial charge on any atom is -0.292 e. The molecule has 0 radical (unpaired) electrons. The van der Waals surface area contributed by atoms with E-state index in [-0.39, 0.29) is 17.9 Å². The molecule has 0 spiro atoms. The third-order valence-electron chi connectivity index (χ3n) is 2.34. The smallest absolute Gasteiger partial charge is 0.268 e. The lowest BCUT2D eigenvalue weighted by molar-refractivity contribution is 0.0970. The molecular weight excluding hydrogens is 320 g/mol. The summed E-state index contributed by atoms with van der Waals surface area (Å²) >= 11 is 8.82. The Kier molecular flexibility index (Phi) is 3.93. The molecule has 0 saturated carbocycles. The summed E-state index contributed by atoms with van der Waals surface area (Å²) in [6, 6.07) is 6.52. The molecule has 0 aliphatic rings. The van der Waals surface area contributed by atoms with Crippen LogP contribution >= 0.6 is 27.5 Å². The third kappa shape index (κ3) is 2.86. The second-order valence-corrected chi connectivity index (χ2v) is 4.90. The summed E-state index contributed by atoms with van der Waals surface area (Å²) in [5.74, 6) is -0.173. The van der Waals surface area contributed by atoms with E-state index in [1.807, 2.05) is 0 Å². The summed E-state index contributed by atoms with van der Waals surface area (Å²) in [4.78, 5) is 27.5. The minimum absolute atomic E-state index is 0.0487. The standard InChI is InChI=1S/C12H8BrClN2O2/c13-10-5-15-7-16(12(10)18)6-11(17)8-1-3-9(14)4-2-8/h1-5,7H,6H2. The van der Waals surface area contributed by atoms with E-state index in [9.17, 15) is 9.59 Å². The first-order valence-corrected chi connectivity index (χ1v) is 6.24. The van der Waals surface area contributed by atoms with Gasteiger partial charge in [0.1, 0.15) is 4.47 Å². The fraction of sp³-hybridized carbons (Fsp3) is 0.0833. The van der Waals surface area contributed by atoms with Gasteiger partial charge in [0, 0.05) is 16.8 Å². The lowest BCUT2D eigenvalue weighted by atomic mass is 10.1. The van der Waals surface area contributed by atoms with Gasteiger partial charge < -0.3 is 0 Å². The Labute approximate surface area is 116 Å². The second-order valence-electron chi connectivity index (χ2n) is 3.60. The van der Waals surface area contributed by atoms with Crippen LogP contribution in [0.25, 0.3) is 0 Å². The van der Waals surface area contributed by atoms with E-state index < -0.39 is 0 Å². The van der Waals surface area contributed by atoms with Crippen LogP contribution in [0.5, 0.6) is 0 Å². The van der Waals surface area contributed by atoms with E-state index in [1.165, 1.54) is 17.1 Å². The number of halogens is 2. The number of aromatic nitrogens is 2. The molecule has 0 N–H and O–H groups in total. The van der Waals surface area contributed by atoms with Crippen molar-refractivity contribution in [1.82, 2.24) is 9.55 Å². The molecule has 92 valence electrons. The van der Waals surface area contributed by atoms with Crippen molar-refractivity contribution in [2.75, 3.05) is 0 Å². The topological polar surface area (TPSA) is 52.0 Å². The molecule has 0 fully saturated rings. The molecule has 0 aliphatic heterocycles. The highest BCUT2D eigenvalue weighted by Crippen LogP contribution is 2.10. The monoisotopic (exact) mass is 326 g/mol. The quantitative estimate of drug-likeness (QED) is 0.814. The van der Waals surface area contributed by atoms with Gasteiger partial charge in [0.2, 0.25) is 0 Å². The van der Waals surface area contributed by atoms with E-state index in [2.05, 4.69) is 20.9 Å². The normalized spacial score (nSPS) is 10.3. The highest BCUT2D eigenvalue weighted by atomic mass is 79.9. The fourth-order valence-electron chi connectivity index (χ4n) is 1.42. The van der Waals surface area contributed by atoms with Crippen molar-refractivity contribution >= 4 is 33.3 Å². The van der Waals surface area contributed by atoms with Crippen LogP contribution in [0.3, 0.4) is 0 Å². The lowest BCUT2D eigenvalue weighted by Crippen LogP contribution is -2.24. The first kappa shape index (κ1) is 13.0. The number of Topliss-reactive ketones (excluding diaryl/α,β-unsaturated/α-hetero) is 1. The van der Waals surface area contributed by atoms with Crippen molar-refractivity contribution in [3.63, 3.8) is 0 Å². The van der Waals surface area contributed by atoms with Gasteiger partial charge in [-0.15, -0.1) is 0 Å². The second kappa shape index (κ2) is 5.46. The van der Waals surface area contributed by atoms with Crippen LogP contribution in [0.1, 0.15) is 10.4 Å². The summed E-state index contributed by atoms with van der Waals surface area (Å²) in [6.45, 7) is -0.0487. The predicted octanol–water partition coefficient (Wildman–Crippen LogP) is 2.54. The van der Waals surface area contributed by atoms with Gasteiger partial charge in [-0.05, 0) is 40.2 Å². The molecular formula is C12H8BrClN2O2. The van der Waals surface area contributed by atoms with Crippen LogP contribution < -0.4 is 5.56 Å². The minimum atomic E-state index is -0.285. The molecule has 1 aromatic carbocycles. The molecule has 2 aromatic rings. The highest BCUT2D eigenvalue weighted by molar-refractivity contribution is 9.10. The zero-order chi connectivity index (χ0) is 13.1. The van der Waals surface area contributed by atoms with Gasteiger partial charge in [0.25, 0.3) is 5.56 Å². The average molecular weight is 328 g/mol. The number of hydrogen-bond donors (Lipinski definition) is 0. The molecule has 4 nitrogen and oxygen atoms in total. The molecule has 1 aromatic heterocycles. The third-order valence-corrected chi connectivity index (χ3v) is 3.14. The first-order chi connectivity index (χ1) is 8.58. The fourth-order valence-corrected chi connectivity index (χ4v) is 1.89. The first-order valence-electron chi connectivity index (χ1n) is 5.06. The largest absolute Gasteiger partial charge is 0.292 e. The summed E-state index contributed by atoms with van der Waals surface area (Å²) in [5, 5.41) is 0.563. The van der Waals surface area contributed by atoms with Gasteiger partial charge in [-0.25, -0.2) is 4.98 Å². The van der Waals surface area contributed by atoms with Crippen LogP contribution in [-0.4, -0.2) is 15.3 Å². The van der Waals surface area contributed by atoms with Gasteiger partial charge in [-0.1, -0.05) is 11.6 Å². The van der Waals surface area contributed by atoms with Gasteiger partial charge in [0.15, 0.2) is 5.78 Å². The molecule has 0 bridgehead atoms. The Bertz CT molecular complexity index is 637. The maximum Gasteiger partial charge on any atom is 0.268 e. The maximum atomic E-state index is 11.9. The number of benzene rings is 1. The Hall–Kier alpha value is -1.46. The highest BCUT2D eigenvalue weighted by Gasteiger charge is 2.09. The SMILES string of the molecule is O=C(Cn1cncc(Br)c1=O)c1ccc(Cl)cc1. The van der Waals surface area contributed by atoms with Gasteiger partial charge in [-0.3, -0.25) is 14.2 Å². The number of ketones is 1. The molecule has 2 rings (SSSR count). The molecule has 6 heteroatoms. The van der Waals surface area contributed by atoms with E-state index in [0.717, 1.165) is 0 Å². The van der Waals surface area contributed by atoms with Crippen LogP contribution in [0.4, 0.5) is 0 Å². The number of nitrogens with zero attached hydrogens (tertiary/aromatic N) is 2. The van der Waals surface area contributed by atoms with Gasteiger partial charge >= 0.3 is 0 Å². The zero-order valence-corrected chi connectivity index (χ0v) is 11.5. The summed E-state index contributed by atoms with van der Waals surface area (Å²) < 4.78 is 1.58. The van der Waals surface area contributed by atoms with Crippen molar-refractivity contribution < 1.29 is 4.79 Å². The van der Waals surface area contributed by atoms with Gasteiger partial charge in [0.05, 0.1) is 12.9 Å². The van der Waals surface area contributed by atoms with E-state index >= 15 is 0 Å². The average Bonchev–Trinajstić information content (AvgIpc) is 2.36. The van der Waals surface area contributed by atoms with Crippen molar-refractivity contribution in [3.05, 3.63) is 62.2 Å². The Morgan fingerprint density at radius 3 is 2.67 bits per heavy atom. The van der Waals surface area contributed by atoms with Crippen molar-refractivity contribution in [1.29, 1.82) is 0 Å². The summed E-state index contributed by atoms with van der Waals surface area (Å²) in [7, 11) is 0. The molecule has 0 aliphatic carbocycles. The van der Waals surface area contributed by atoms with Crippen molar-refractivity contribution in [3.8, 4) is 0 Å². The van der Waals surface area contributed by atoms with E-state index in [4.69, 9.17) is 11.6 Å². The molecule has 1 heterocycles. The predicted molar refractivity (Wildman–Crippen MR) is 72.0 cm³/mol. The number of carbonyl (C=O) groups excluding carboxylic acids is 1. The summed E-state index contributed by atoms with van der Waals surface area (Å²) in [5.41, 5.74) is 0.221.